The van der Waals surface area contributed by atoms with Crippen molar-refractivity contribution in [3.8, 4) is 11.5 Å². The molecule has 1 N–H and O–H groups in total. The fourth-order valence-electron chi connectivity index (χ4n) is 3.13. The second-order valence-electron chi connectivity index (χ2n) is 6.24. The Balaban J connectivity index is 1.80. The Hall–Kier alpha value is -2.76. The molecule has 2 aromatic carbocycles. The minimum absolute atomic E-state index is 0.174. The van der Waals surface area contributed by atoms with E-state index >= 15 is 0 Å². The van der Waals surface area contributed by atoms with Crippen molar-refractivity contribution in [2.24, 2.45) is 0 Å². The van der Waals surface area contributed by atoms with Crippen molar-refractivity contribution in [3.05, 3.63) is 47.8 Å². The number of nitrogens with zero attached hydrogens (tertiary/aromatic N) is 1. The maximum absolute atomic E-state index is 14.2. The number of methoxy groups -OCH3 is 2. The lowest BCUT2D eigenvalue weighted by molar-refractivity contribution is 0.102. The number of nitrogens with one attached hydrogen (secondary N) is 1. The minimum atomic E-state index is -0.459. The van der Waals surface area contributed by atoms with Gasteiger partial charge in [-0.2, -0.15) is 0 Å². The van der Waals surface area contributed by atoms with E-state index in [0.717, 1.165) is 31.6 Å². The van der Waals surface area contributed by atoms with Crippen LogP contribution in [-0.2, 0) is 0 Å². The molecule has 2 aromatic rings. The number of anilines is 2. The second kappa shape index (κ2) is 8.08. The second-order valence-corrected chi connectivity index (χ2v) is 6.24. The monoisotopic (exact) mass is 358 g/mol. The number of ether oxygens (including phenoxy) is 2. The van der Waals surface area contributed by atoms with E-state index in [-0.39, 0.29) is 5.69 Å². The minimum Gasteiger partial charge on any atom is -0.493 e. The quantitative estimate of drug-likeness (QED) is 0.875. The summed E-state index contributed by atoms with van der Waals surface area (Å²) in [5.41, 5.74) is 1.46. The molecule has 1 aliphatic heterocycles. The van der Waals surface area contributed by atoms with Gasteiger partial charge in [0.2, 0.25) is 0 Å². The van der Waals surface area contributed by atoms with Gasteiger partial charge in [-0.3, -0.25) is 4.79 Å². The van der Waals surface area contributed by atoms with Gasteiger partial charge in [0.25, 0.3) is 5.91 Å². The van der Waals surface area contributed by atoms with Gasteiger partial charge in [-0.1, -0.05) is 0 Å². The highest BCUT2D eigenvalue weighted by Crippen LogP contribution is 2.29. The summed E-state index contributed by atoms with van der Waals surface area (Å²) in [5, 5.41) is 2.66. The molecule has 1 aliphatic rings. The number of carbonyl (C=O) groups is 1. The maximum Gasteiger partial charge on any atom is 0.255 e. The van der Waals surface area contributed by atoms with Crippen LogP contribution < -0.4 is 19.7 Å². The van der Waals surface area contributed by atoms with Crippen molar-refractivity contribution in [2.45, 2.75) is 19.3 Å². The highest BCUT2D eigenvalue weighted by Gasteiger charge is 2.16. The average molecular weight is 358 g/mol. The van der Waals surface area contributed by atoms with E-state index in [0.29, 0.717) is 17.1 Å². The maximum atomic E-state index is 14.2. The van der Waals surface area contributed by atoms with E-state index in [1.54, 1.807) is 30.3 Å². The number of rotatable bonds is 5. The molecule has 138 valence electrons. The standard InChI is InChI=1S/C20H23FN2O3/c1-25-18-9-6-14(12-19(18)26-2)20(24)22-17-13-15(7-8-16(17)21)23-10-4-3-5-11-23/h6-9,12-13H,3-5,10-11H2,1-2H3,(H,22,24). The average Bonchev–Trinajstić information content (AvgIpc) is 2.69. The molecule has 3 rings (SSSR count). The summed E-state index contributed by atoms with van der Waals surface area (Å²) >= 11 is 0. The van der Waals surface area contributed by atoms with Gasteiger partial charge in [0.15, 0.2) is 11.5 Å². The summed E-state index contributed by atoms with van der Waals surface area (Å²) < 4.78 is 24.6. The molecule has 1 amide bonds. The van der Waals surface area contributed by atoms with Crippen molar-refractivity contribution in [3.63, 3.8) is 0 Å². The lowest BCUT2D eigenvalue weighted by Crippen LogP contribution is -2.29. The van der Waals surface area contributed by atoms with Crippen molar-refractivity contribution in [2.75, 3.05) is 37.5 Å². The molecule has 0 spiro atoms. The summed E-state index contributed by atoms with van der Waals surface area (Å²) in [4.78, 5) is 14.8. The van der Waals surface area contributed by atoms with Gasteiger partial charge in [0, 0.05) is 24.3 Å². The molecule has 1 heterocycles. The van der Waals surface area contributed by atoms with Crippen LogP contribution in [0.4, 0.5) is 15.8 Å². The molecular weight excluding hydrogens is 335 g/mol. The first-order valence-electron chi connectivity index (χ1n) is 8.70. The summed E-state index contributed by atoms with van der Waals surface area (Å²) in [5.74, 6) is 0.116. The Morgan fingerprint density at radius 3 is 2.42 bits per heavy atom. The largest absolute Gasteiger partial charge is 0.493 e. The van der Waals surface area contributed by atoms with E-state index in [2.05, 4.69) is 10.2 Å². The normalized spacial score (nSPS) is 14.0. The molecule has 6 heteroatoms. The van der Waals surface area contributed by atoms with Crippen molar-refractivity contribution < 1.29 is 18.7 Å². The molecule has 0 aromatic heterocycles. The molecular formula is C20H23FN2O3. The number of benzene rings is 2. The number of hydrogen-bond donors (Lipinski definition) is 1. The van der Waals surface area contributed by atoms with Crippen LogP contribution in [0.3, 0.4) is 0 Å². The van der Waals surface area contributed by atoms with Crippen LogP contribution in [0.1, 0.15) is 29.6 Å². The SMILES string of the molecule is COc1ccc(C(=O)Nc2cc(N3CCCCC3)ccc2F)cc1OC. The molecule has 0 radical (unpaired) electrons. The van der Waals surface area contributed by atoms with Gasteiger partial charge >= 0.3 is 0 Å². The summed E-state index contributed by atoms with van der Waals surface area (Å²) in [6, 6.07) is 9.68. The van der Waals surface area contributed by atoms with E-state index in [4.69, 9.17) is 9.47 Å². The molecule has 0 atom stereocenters. The third kappa shape index (κ3) is 3.90. The first kappa shape index (κ1) is 18.0. The van der Waals surface area contributed by atoms with E-state index in [9.17, 15) is 9.18 Å². The van der Waals surface area contributed by atoms with Crippen LogP contribution in [0, 0.1) is 5.82 Å². The predicted molar refractivity (Wildman–Crippen MR) is 100.0 cm³/mol. The van der Waals surface area contributed by atoms with Gasteiger partial charge in [-0.05, 0) is 55.7 Å². The fourth-order valence-corrected chi connectivity index (χ4v) is 3.13. The molecule has 1 fully saturated rings. The zero-order valence-electron chi connectivity index (χ0n) is 15.0. The molecule has 0 aliphatic carbocycles. The first-order chi connectivity index (χ1) is 12.6. The number of piperidine rings is 1. The molecule has 26 heavy (non-hydrogen) atoms. The first-order valence-corrected chi connectivity index (χ1v) is 8.70. The van der Waals surface area contributed by atoms with E-state index in [1.165, 1.54) is 26.7 Å². The number of hydrogen-bond acceptors (Lipinski definition) is 4. The highest BCUT2D eigenvalue weighted by atomic mass is 19.1. The van der Waals surface area contributed by atoms with Crippen LogP contribution in [-0.4, -0.2) is 33.2 Å². The van der Waals surface area contributed by atoms with Crippen LogP contribution in [0.5, 0.6) is 11.5 Å². The molecule has 0 unspecified atom stereocenters. The van der Waals surface area contributed by atoms with Crippen LogP contribution in [0.15, 0.2) is 36.4 Å². The van der Waals surface area contributed by atoms with Crippen molar-refractivity contribution in [1.29, 1.82) is 0 Å². The van der Waals surface area contributed by atoms with Crippen molar-refractivity contribution in [1.82, 2.24) is 0 Å². The number of carbonyl (C=O) groups excluding carboxylic acids is 1. The van der Waals surface area contributed by atoms with Gasteiger partial charge in [-0.15, -0.1) is 0 Å². The molecule has 5 nitrogen and oxygen atoms in total. The number of halogens is 1. The predicted octanol–water partition coefficient (Wildman–Crippen LogP) is 4.09. The molecule has 0 saturated carbocycles. The summed E-state index contributed by atoms with van der Waals surface area (Å²) in [6.07, 6.45) is 3.48. The zero-order valence-corrected chi connectivity index (χ0v) is 15.0. The van der Waals surface area contributed by atoms with Crippen LogP contribution in [0.25, 0.3) is 0 Å². The Kier molecular flexibility index (Phi) is 5.61. The Labute approximate surface area is 152 Å². The van der Waals surface area contributed by atoms with Gasteiger partial charge in [0.05, 0.1) is 19.9 Å². The lowest BCUT2D eigenvalue weighted by atomic mass is 10.1. The Morgan fingerprint density at radius 1 is 1.00 bits per heavy atom. The number of amides is 1. The smallest absolute Gasteiger partial charge is 0.255 e. The van der Waals surface area contributed by atoms with Gasteiger partial charge in [0.1, 0.15) is 5.82 Å². The molecule has 1 saturated heterocycles. The Morgan fingerprint density at radius 2 is 1.73 bits per heavy atom. The fraction of sp³-hybridized carbons (Fsp3) is 0.350. The molecule has 0 bridgehead atoms. The summed E-state index contributed by atoms with van der Waals surface area (Å²) in [6.45, 7) is 1.91. The van der Waals surface area contributed by atoms with Gasteiger partial charge in [-0.25, -0.2) is 4.39 Å². The van der Waals surface area contributed by atoms with Gasteiger partial charge < -0.3 is 19.7 Å². The lowest BCUT2D eigenvalue weighted by Gasteiger charge is -2.29. The van der Waals surface area contributed by atoms with E-state index in [1.807, 2.05) is 0 Å². The van der Waals surface area contributed by atoms with E-state index < -0.39 is 11.7 Å². The zero-order chi connectivity index (χ0) is 18.5. The summed E-state index contributed by atoms with van der Waals surface area (Å²) in [7, 11) is 3.03. The Bertz CT molecular complexity index is 789. The topological polar surface area (TPSA) is 50.8 Å². The van der Waals surface area contributed by atoms with Crippen LogP contribution in [0.2, 0.25) is 0 Å². The van der Waals surface area contributed by atoms with Crippen molar-refractivity contribution >= 4 is 17.3 Å². The highest BCUT2D eigenvalue weighted by molar-refractivity contribution is 6.05. The third-order valence-electron chi connectivity index (χ3n) is 4.57. The third-order valence-corrected chi connectivity index (χ3v) is 4.57. The van der Waals surface area contributed by atoms with Crippen LogP contribution >= 0.6 is 0 Å².